The molecule has 0 saturated heterocycles. The SMILES string of the molecule is CCN(CC)CCn1cccc(C=O)c1=O. The van der Waals surface area contributed by atoms with Crippen molar-refractivity contribution in [3.63, 3.8) is 0 Å². The third-order valence-electron chi connectivity index (χ3n) is 2.73. The van der Waals surface area contributed by atoms with Gasteiger partial charge >= 0.3 is 0 Å². The van der Waals surface area contributed by atoms with E-state index in [-0.39, 0.29) is 11.1 Å². The Morgan fingerprint density at radius 3 is 2.62 bits per heavy atom. The second-order valence-corrected chi connectivity index (χ2v) is 3.61. The summed E-state index contributed by atoms with van der Waals surface area (Å²) < 4.78 is 1.59. The fourth-order valence-corrected chi connectivity index (χ4v) is 1.61. The third-order valence-corrected chi connectivity index (χ3v) is 2.73. The molecule has 0 N–H and O–H groups in total. The van der Waals surface area contributed by atoms with Crippen LogP contribution >= 0.6 is 0 Å². The standard InChI is InChI=1S/C12H18N2O2/c1-3-13(4-2)8-9-14-7-5-6-11(10-15)12(14)16/h5-7,10H,3-4,8-9H2,1-2H3. The van der Waals surface area contributed by atoms with E-state index in [1.165, 1.54) is 0 Å². The van der Waals surface area contributed by atoms with Crippen molar-refractivity contribution in [3.8, 4) is 0 Å². The van der Waals surface area contributed by atoms with Gasteiger partial charge in [-0.3, -0.25) is 9.59 Å². The smallest absolute Gasteiger partial charge is 0.261 e. The summed E-state index contributed by atoms with van der Waals surface area (Å²) in [5.74, 6) is 0. The molecule has 1 aromatic heterocycles. The molecule has 4 nitrogen and oxygen atoms in total. The van der Waals surface area contributed by atoms with E-state index in [1.54, 1.807) is 22.9 Å². The number of carbonyl (C=O) groups excluding carboxylic acids is 1. The molecule has 0 amide bonds. The van der Waals surface area contributed by atoms with Crippen LogP contribution in [-0.2, 0) is 6.54 Å². The largest absolute Gasteiger partial charge is 0.314 e. The molecular weight excluding hydrogens is 204 g/mol. The Morgan fingerprint density at radius 2 is 2.06 bits per heavy atom. The Kier molecular flexibility index (Phi) is 4.92. The molecule has 0 spiro atoms. The summed E-state index contributed by atoms with van der Waals surface area (Å²) in [5, 5.41) is 0. The lowest BCUT2D eigenvalue weighted by Gasteiger charge is -2.18. The van der Waals surface area contributed by atoms with E-state index in [1.807, 2.05) is 0 Å². The number of hydrogen-bond acceptors (Lipinski definition) is 3. The Labute approximate surface area is 95.5 Å². The Balaban J connectivity index is 2.74. The van der Waals surface area contributed by atoms with Crippen LogP contribution in [0.5, 0.6) is 0 Å². The molecule has 0 fully saturated rings. The highest BCUT2D eigenvalue weighted by Gasteiger charge is 2.03. The second kappa shape index (κ2) is 6.23. The Morgan fingerprint density at radius 1 is 1.38 bits per heavy atom. The van der Waals surface area contributed by atoms with Gasteiger partial charge in [-0.1, -0.05) is 13.8 Å². The van der Waals surface area contributed by atoms with E-state index >= 15 is 0 Å². The van der Waals surface area contributed by atoms with Crippen LogP contribution in [0.4, 0.5) is 0 Å². The van der Waals surface area contributed by atoms with Gasteiger partial charge in [-0.25, -0.2) is 0 Å². The Bertz CT molecular complexity index is 394. The number of aromatic nitrogens is 1. The van der Waals surface area contributed by atoms with Crippen LogP contribution in [0.1, 0.15) is 24.2 Å². The van der Waals surface area contributed by atoms with Crippen molar-refractivity contribution in [1.82, 2.24) is 9.47 Å². The first-order valence-electron chi connectivity index (χ1n) is 5.59. The lowest BCUT2D eigenvalue weighted by Crippen LogP contribution is -2.31. The topological polar surface area (TPSA) is 42.3 Å². The monoisotopic (exact) mass is 222 g/mol. The maximum absolute atomic E-state index is 11.7. The molecule has 16 heavy (non-hydrogen) atoms. The first kappa shape index (κ1) is 12.6. The molecule has 0 unspecified atom stereocenters. The highest BCUT2D eigenvalue weighted by atomic mass is 16.1. The van der Waals surface area contributed by atoms with Gasteiger partial charge in [0.05, 0.1) is 5.56 Å². The summed E-state index contributed by atoms with van der Waals surface area (Å²) >= 11 is 0. The summed E-state index contributed by atoms with van der Waals surface area (Å²) in [5.41, 5.74) is 0.0201. The predicted molar refractivity (Wildman–Crippen MR) is 63.9 cm³/mol. The van der Waals surface area contributed by atoms with Crippen molar-refractivity contribution >= 4 is 6.29 Å². The van der Waals surface area contributed by atoms with E-state index in [0.29, 0.717) is 12.8 Å². The van der Waals surface area contributed by atoms with Crippen LogP contribution in [-0.4, -0.2) is 35.4 Å². The van der Waals surface area contributed by atoms with E-state index in [9.17, 15) is 9.59 Å². The fourth-order valence-electron chi connectivity index (χ4n) is 1.61. The molecule has 88 valence electrons. The van der Waals surface area contributed by atoms with Crippen LogP contribution in [0.25, 0.3) is 0 Å². The molecule has 1 heterocycles. The number of aldehydes is 1. The highest BCUT2D eigenvalue weighted by molar-refractivity contribution is 5.73. The van der Waals surface area contributed by atoms with Gasteiger partial charge in [0.15, 0.2) is 6.29 Å². The van der Waals surface area contributed by atoms with Crippen LogP contribution in [0.3, 0.4) is 0 Å². The van der Waals surface area contributed by atoms with Gasteiger partial charge in [-0.2, -0.15) is 0 Å². The molecule has 0 atom stereocenters. The molecule has 1 aromatic rings. The summed E-state index contributed by atoms with van der Waals surface area (Å²) in [7, 11) is 0. The average molecular weight is 222 g/mol. The molecule has 0 aliphatic heterocycles. The van der Waals surface area contributed by atoms with Gasteiger partial charge in [0, 0.05) is 19.3 Å². The molecule has 0 aliphatic carbocycles. The number of carbonyl (C=O) groups is 1. The molecule has 0 aliphatic rings. The quantitative estimate of drug-likeness (QED) is 0.674. The number of pyridine rings is 1. The zero-order valence-electron chi connectivity index (χ0n) is 9.85. The maximum atomic E-state index is 11.7. The van der Waals surface area contributed by atoms with E-state index in [0.717, 1.165) is 19.6 Å². The van der Waals surface area contributed by atoms with Crippen LogP contribution in [0.2, 0.25) is 0 Å². The van der Waals surface area contributed by atoms with Crippen LogP contribution in [0.15, 0.2) is 23.1 Å². The lowest BCUT2D eigenvalue weighted by atomic mass is 10.3. The zero-order valence-corrected chi connectivity index (χ0v) is 9.85. The first-order chi connectivity index (χ1) is 7.72. The van der Waals surface area contributed by atoms with Crippen molar-refractivity contribution in [2.24, 2.45) is 0 Å². The van der Waals surface area contributed by atoms with Crippen LogP contribution in [0, 0.1) is 0 Å². The highest BCUT2D eigenvalue weighted by Crippen LogP contribution is 1.92. The lowest BCUT2D eigenvalue weighted by molar-refractivity contribution is 0.112. The number of rotatable bonds is 6. The van der Waals surface area contributed by atoms with Crippen molar-refractivity contribution in [1.29, 1.82) is 0 Å². The minimum atomic E-state index is -0.204. The number of likely N-dealkylation sites (N-methyl/N-ethyl adjacent to an activating group) is 1. The Hall–Kier alpha value is -1.42. The van der Waals surface area contributed by atoms with Gasteiger partial charge in [0.25, 0.3) is 5.56 Å². The van der Waals surface area contributed by atoms with Gasteiger partial charge in [-0.15, -0.1) is 0 Å². The second-order valence-electron chi connectivity index (χ2n) is 3.61. The molecule has 0 radical (unpaired) electrons. The van der Waals surface area contributed by atoms with Crippen molar-refractivity contribution in [2.45, 2.75) is 20.4 Å². The maximum Gasteiger partial charge on any atom is 0.261 e. The van der Waals surface area contributed by atoms with Gasteiger partial charge in [0.2, 0.25) is 0 Å². The normalized spacial score (nSPS) is 10.7. The van der Waals surface area contributed by atoms with Gasteiger partial charge < -0.3 is 9.47 Å². The summed E-state index contributed by atoms with van der Waals surface area (Å²) in [6.45, 7) is 7.58. The molecule has 4 heteroatoms. The molecule has 0 aromatic carbocycles. The van der Waals surface area contributed by atoms with Crippen molar-refractivity contribution in [3.05, 3.63) is 34.2 Å². The number of hydrogen-bond donors (Lipinski definition) is 0. The van der Waals surface area contributed by atoms with Crippen molar-refractivity contribution < 1.29 is 4.79 Å². The molecule has 0 saturated carbocycles. The first-order valence-corrected chi connectivity index (χ1v) is 5.59. The van der Waals surface area contributed by atoms with E-state index < -0.39 is 0 Å². The fraction of sp³-hybridized carbons (Fsp3) is 0.500. The minimum absolute atomic E-state index is 0.204. The molecular formula is C12H18N2O2. The van der Waals surface area contributed by atoms with Gasteiger partial charge in [0.1, 0.15) is 0 Å². The van der Waals surface area contributed by atoms with E-state index in [2.05, 4.69) is 18.7 Å². The van der Waals surface area contributed by atoms with Crippen LogP contribution < -0.4 is 5.56 Å². The summed E-state index contributed by atoms with van der Waals surface area (Å²) in [4.78, 5) is 24.5. The summed E-state index contributed by atoms with van der Waals surface area (Å²) in [6.07, 6.45) is 2.33. The molecule has 0 bridgehead atoms. The average Bonchev–Trinajstić information content (AvgIpc) is 2.32. The predicted octanol–water partition coefficient (Wildman–Crippen LogP) is 1.00. The minimum Gasteiger partial charge on any atom is -0.314 e. The third kappa shape index (κ3) is 3.03. The summed E-state index contributed by atoms with van der Waals surface area (Å²) in [6, 6.07) is 3.27. The zero-order chi connectivity index (χ0) is 12.0. The van der Waals surface area contributed by atoms with Crippen molar-refractivity contribution in [2.75, 3.05) is 19.6 Å². The van der Waals surface area contributed by atoms with Gasteiger partial charge in [-0.05, 0) is 25.2 Å². The number of nitrogens with zero attached hydrogens (tertiary/aromatic N) is 2. The molecule has 1 rings (SSSR count). The van der Waals surface area contributed by atoms with E-state index in [4.69, 9.17) is 0 Å².